The standard InChI is InChI=1S/C13H16ClNO/c1-9(2)15-7-10(8-16-3)12-6-11(14)4-5-13(12)15/h4-7,9H,8H2,1-3H3. The van der Waals surface area contributed by atoms with E-state index in [1.807, 2.05) is 12.1 Å². The Balaban J connectivity index is 2.66. The fraction of sp³-hybridized carbons (Fsp3) is 0.385. The molecule has 0 bridgehead atoms. The van der Waals surface area contributed by atoms with Crippen LogP contribution >= 0.6 is 11.6 Å². The molecule has 0 unspecified atom stereocenters. The predicted molar refractivity (Wildman–Crippen MR) is 68.0 cm³/mol. The second kappa shape index (κ2) is 4.48. The highest BCUT2D eigenvalue weighted by Gasteiger charge is 2.10. The number of halogens is 1. The summed E-state index contributed by atoms with van der Waals surface area (Å²) in [7, 11) is 1.71. The van der Waals surface area contributed by atoms with Crippen LogP contribution in [0.3, 0.4) is 0 Å². The Morgan fingerprint density at radius 2 is 2.12 bits per heavy atom. The molecule has 1 aromatic carbocycles. The van der Waals surface area contributed by atoms with Gasteiger partial charge in [-0.15, -0.1) is 0 Å². The van der Waals surface area contributed by atoms with E-state index >= 15 is 0 Å². The molecule has 16 heavy (non-hydrogen) atoms. The fourth-order valence-electron chi connectivity index (χ4n) is 2.00. The van der Waals surface area contributed by atoms with Crippen molar-refractivity contribution >= 4 is 22.5 Å². The Kier molecular flexibility index (Phi) is 3.22. The number of nitrogens with zero attached hydrogens (tertiary/aromatic N) is 1. The first-order chi connectivity index (χ1) is 7.63. The molecule has 1 heterocycles. The lowest BCUT2D eigenvalue weighted by molar-refractivity contribution is 0.185. The average molecular weight is 238 g/mol. The highest BCUT2D eigenvalue weighted by Crippen LogP contribution is 2.27. The number of ether oxygens (including phenoxy) is 1. The summed E-state index contributed by atoms with van der Waals surface area (Å²) in [5.41, 5.74) is 2.40. The van der Waals surface area contributed by atoms with Crippen molar-refractivity contribution in [3.8, 4) is 0 Å². The molecule has 0 spiro atoms. The lowest BCUT2D eigenvalue weighted by Gasteiger charge is -2.08. The topological polar surface area (TPSA) is 14.2 Å². The molecular weight excluding hydrogens is 222 g/mol. The molecule has 0 fully saturated rings. The number of benzene rings is 1. The van der Waals surface area contributed by atoms with Crippen molar-refractivity contribution < 1.29 is 4.74 Å². The van der Waals surface area contributed by atoms with Crippen LogP contribution in [-0.4, -0.2) is 11.7 Å². The van der Waals surface area contributed by atoms with E-state index in [1.54, 1.807) is 7.11 Å². The smallest absolute Gasteiger partial charge is 0.0733 e. The summed E-state index contributed by atoms with van der Waals surface area (Å²) in [4.78, 5) is 0. The molecule has 0 N–H and O–H groups in total. The number of methoxy groups -OCH3 is 1. The number of hydrogen-bond acceptors (Lipinski definition) is 1. The molecule has 0 radical (unpaired) electrons. The van der Waals surface area contributed by atoms with Crippen LogP contribution < -0.4 is 0 Å². The van der Waals surface area contributed by atoms with Crippen LogP contribution in [-0.2, 0) is 11.3 Å². The van der Waals surface area contributed by atoms with Crippen LogP contribution in [0, 0.1) is 0 Å². The second-order valence-corrected chi connectivity index (χ2v) is 4.69. The summed E-state index contributed by atoms with van der Waals surface area (Å²) >= 11 is 6.03. The largest absolute Gasteiger partial charge is 0.380 e. The van der Waals surface area contributed by atoms with Gasteiger partial charge < -0.3 is 9.30 Å². The minimum absolute atomic E-state index is 0.439. The van der Waals surface area contributed by atoms with Gasteiger partial charge in [-0.3, -0.25) is 0 Å². The van der Waals surface area contributed by atoms with Gasteiger partial charge >= 0.3 is 0 Å². The molecule has 86 valence electrons. The average Bonchev–Trinajstić information content (AvgIpc) is 2.58. The Morgan fingerprint density at radius 3 is 2.75 bits per heavy atom. The van der Waals surface area contributed by atoms with Gasteiger partial charge in [-0.2, -0.15) is 0 Å². The van der Waals surface area contributed by atoms with Crippen LogP contribution in [0.25, 0.3) is 10.9 Å². The summed E-state index contributed by atoms with van der Waals surface area (Å²) in [5.74, 6) is 0. The Morgan fingerprint density at radius 1 is 1.38 bits per heavy atom. The van der Waals surface area contributed by atoms with E-state index in [2.05, 4.69) is 30.7 Å². The quantitative estimate of drug-likeness (QED) is 0.787. The third kappa shape index (κ3) is 1.95. The van der Waals surface area contributed by atoms with Gasteiger partial charge in [0.05, 0.1) is 6.61 Å². The minimum atomic E-state index is 0.439. The molecule has 2 rings (SSSR count). The number of rotatable bonds is 3. The van der Waals surface area contributed by atoms with Gasteiger partial charge in [0.25, 0.3) is 0 Å². The molecule has 0 amide bonds. The van der Waals surface area contributed by atoms with E-state index in [1.165, 1.54) is 16.5 Å². The second-order valence-electron chi connectivity index (χ2n) is 4.25. The molecule has 0 atom stereocenters. The zero-order valence-electron chi connectivity index (χ0n) is 9.83. The van der Waals surface area contributed by atoms with Crippen molar-refractivity contribution in [3.63, 3.8) is 0 Å². The highest BCUT2D eigenvalue weighted by atomic mass is 35.5. The van der Waals surface area contributed by atoms with Gasteiger partial charge in [-0.1, -0.05) is 11.6 Å². The lowest BCUT2D eigenvalue weighted by atomic mass is 10.2. The predicted octanol–water partition coefficient (Wildman–Crippen LogP) is 4.02. The summed E-state index contributed by atoms with van der Waals surface area (Å²) in [5, 5.41) is 1.95. The van der Waals surface area contributed by atoms with Crippen LogP contribution in [0.1, 0.15) is 25.5 Å². The van der Waals surface area contributed by atoms with E-state index < -0.39 is 0 Å². The monoisotopic (exact) mass is 237 g/mol. The molecule has 2 aromatic rings. The lowest BCUT2D eigenvalue weighted by Crippen LogP contribution is -1.97. The number of hydrogen-bond donors (Lipinski definition) is 0. The van der Waals surface area contributed by atoms with Crippen molar-refractivity contribution in [1.29, 1.82) is 0 Å². The van der Waals surface area contributed by atoms with E-state index in [4.69, 9.17) is 16.3 Å². The molecule has 1 aromatic heterocycles. The summed E-state index contributed by atoms with van der Waals surface area (Å²) in [6, 6.07) is 6.44. The minimum Gasteiger partial charge on any atom is -0.380 e. The van der Waals surface area contributed by atoms with Crippen molar-refractivity contribution in [2.24, 2.45) is 0 Å². The Bertz CT molecular complexity index is 502. The summed E-state index contributed by atoms with van der Waals surface area (Å²) in [6.07, 6.45) is 2.15. The number of aromatic nitrogens is 1. The van der Waals surface area contributed by atoms with Gasteiger partial charge in [0, 0.05) is 40.8 Å². The van der Waals surface area contributed by atoms with Crippen LogP contribution in [0.4, 0.5) is 0 Å². The highest BCUT2D eigenvalue weighted by molar-refractivity contribution is 6.31. The molecule has 0 aliphatic carbocycles. The molecule has 2 nitrogen and oxygen atoms in total. The molecule has 0 saturated carbocycles. The Labute approximate surface area is 101 Å². The zero-order chi connectivity index (χ0) is 11.7. The third-order valence-electron chi connectivity index (χ3n) is 2.73. The van der Waals surface area contributed by atoms with E-state index in [-0.39, 0.29) is 0 Å². The van der Waals surface area contributed by atoms with Crippen LogP contribution in [0.5, 0.6) is 0 Å². The van der Waals surface area contributed by atoms with Gasteiger partial charge in [-0.25, -0.2) is 0 Å². The molecule has 0 aliphatic heterocycles. The maximum atomic E-state index is 6.03. The third-order valence-corrected chi connectivity index (χ3v) is 2.97. The molecule has 3 heteroatoms. The fourth-order valence-corrected chi connectivity index (χ4v) is 2.17. The van der Waals surface area contributed by atoms with Gasteiger partial charge in [-0.05, 0) is 32.0 Å². The van der Waals surface area contributed by atoms with Crippen molar-refractivity contribution in [2.45, 2.75) is 26.5 Å². The van der Waals surface area contributed by atoms with Gasteiger partial charge in [0.2, 0.25) is 0 Å². The van der Waals surface area contributed by atoms with Crippen LogP contribution in [0.15, 0.2) is 24.4 Å². The summed E-state index contributed by atoms with van der Waals surface area (Å²) in [6.45, 7) is 4.96. The van der Waals surface area contributed by atoms with Gasteiger partial charge in [0.1, 0.15) is 0 Å². The zero-order valence-corrected chi connectivity index (χ0v) is 10.6. The SMILES string of the molecule is COCc1cn(C(C)C)c2ccc(Cl)cc12. The van der Waals surface area contributed by atoms with Crippen molar-refractivity contribution in [1.82, 2.24) is 4.57 Å². The van der Waals surface area contributed by atoms with E-state index in [0.717, 1.165) is 5.02 Å². The van der Waals surface area contributed by atoms with E-state index in [9.17, 15) is 0 Å². The first-order valence-electron chi connectivity index (χ1n) is 5.41. The molecule has 0 saturated heterocycles. The summed E-state index contributed by atoms with van der Waals surface area (Å²) < 4.78 is 7.46. The van der Waals surface area contributed by atoms with E-state index in [0.29, 0.717) is 12.6 Å². The van der Waals surface area contributed by atoms with Gasteiger partial charge in [0.15, 0.2) is 0 Å². The normalized spacial score (nSPS) is 11.6. The molecular formula is C13H16ClNO. The number of fused-ring (bicyclic) bond motifs is 1. The maximum absolute atomic E-state index is 6.03. The maximum Gasteiger partial charge on any atom is 0.0733 e. The van der Waals surface area contributed by atoms with Crippen molar-refractivity contribution in [2.75, 3.05) is 7.11 Å². The molecule has 0 aliphatic rings. The first-order valence-corrected chi connectivity index (χ1v) is 5.79. The van der Waals surface area contributed by atoms with Crippen LogP contribution in [0.2, 0.25) is 5.02 Å². The Hall–Kier alpha value is -0.990. The first kappa shape index (κ1) is 11.5. The van der Waals surface area contributed by atoms with Crippen molar-refractivity contribution in [3.05, 3.63) is 35.0 Å².